The van der Waals surface area contributed by atoms with Crippen molar-refractivity contribution in [1.29, 1.82) is 10.5 Å². The Morgan fingerprint density at radius 1 is 1.19 bits per heavy atom. The number of hydrogen-bond acceptors (Lipinski definition) is 4. The molecule has 1 aromatic carbocycles. The first kappa shape index (κ1) is 11.5. The topological polar surface area (TPSA) is 88.1 Å². The van der Waals surface area contributed by atoms with Crippen molar-refractivity contribution in [2.75, 3.05) is 18.0 Å². The number of nitriles is 2. The summed E-state index contributed by atoms with van der Waals surface area (Å²) in [5.41, 5.74) is 0.839. The molecule has 0 amide bonds. The van der Waals surface area contributed by atoms with E-state index in [1.807, 2.05) is 12.1 Å². The smallest absolute Gasteiger partial charge is 0.335 e. The molecule has 1 N–H and O–H groups in total. The predicted molar refractivity (Wildman–Crippen MR) is 56.8 cm³/mol. The van der Waals surface area contributed by atoms with E-state index in [-0.39, 0.29) is 18.7 Å². The Labute approximate surface area is 92.8 Å². The van der Waals surface area contributed by atoms with E-state index in [0.717, 1.165) is 0 Å². The summed E-state index contributed by atoms with van der Waals surface area (Å²) in [6, 6.07) is 9.94. The predicted octanol–water partition coefficient (Wildman–Crippen LogP) is 1.24. The van der Waals surface area contributed by atoms with Gasteiger partial charge < -0.3 is 10.0 Å². The van der Waals surface area contributed by atoms with Crippen LogP contribution in [0.2, 0.25) is 0 Å². The molecular weight excluding hydrogens is 206 g/mol. The van der Waals surface area contributed by atoms with E-state index in [1.54, 1.807) is 17.0 Å². The zero-order valence-corrected chi connectivity index (χ0v) is 8.42. The molecule has 0 aliphatic carbocycles. The van der Waals surface area contributed by atoms with Gasteiger partial charge in [0.1, 0.15) is 13.1 Å². The van der Waals surface area contributed by atoms with Crippen molar-refractivity contribution in [1.82, 2.24) is 0 Å². The van der Waals surface area contributed by atoms with Crippen LogP contribution in [-0.2, 0) is 0 Å². The maximum Gasteiger partial charge on any atom is 0.335 e. The van der Waals surface area contributed by atoms with Gasteiger partial charge >= 0.3 is 5.97 Å². The first-order valence-corrected chi connectivity index (χ1v) is 4.51. The summed E-state index contributed by atoms with van der Waals surface area (Å²) in [5.74, 6) is -1.00. The van der Waals surface area contributed by atoms with Crippen molar-refractivity contribution >= 4 is 11.7 Å². The molecule has 0 aliphatic heterocycles. The molecule has 80 valence electrons. The van der Waals surface area contributed by atoms with Crippen LogP contribution in [0.3, 0.4) is 0 Å². The molecule has 0 unspecified atom stereocenters. The number of aromatic carboxylic acids is 1. The van der Waals surface area contributed by atoms with Crippen molar-refractivity contribution < 1.29 is 9.90 Å². The average Bonchev–Trinajstić information content (AvgIpc) is 2.29. The Morgan fingerprint density at radius 3 is 2.06 bits per heavy atom. The second kappa shape index (κ2) is 5.38. The number of anilines is 1. The zero-order chi connectivity index (χ0) is 12.0. The quantitative estimate of drug-likeness (QED) is 0.763. The lowest BCUT2D eigenvalue weighted by molar-refractivity contribution is 0.0697. The van der Waals surface area contributed by atoms with Crippen LogP contribution in [-0.4, -0.2) is 24.2 Å². The number of carboxylic acids is 1. The van der Waals surface area contributed by atoms with Crippen LogP contribution in [0.5, 0.6) is 0 Å². The first-order chi connectivity index (χ1) is 7.69. The molecule has 0 saturated carbocycles. The van der Waals surface area contributed by atoms with Crippen LogP contribution >= 0.6 is 0 Å². The Morgan fingerprint density at radius 2 is 1.69 bits per heavy atom. The van der Waals surface area contributed by atoms with Gasteiger partial charge in [-0.25, -0.2) is 4.79 Å². The number of benzene rings is 1. The Bertz CT molecular complexity index is 438. The van der Waals surface area contributed by atoms with Gasteiger partial charge in [0, 0.05) is 5.69 Å². The van der Waals surface area contributed by atoms with Crippen molar-refractivity contribution in [2.45, 2.75) is 0 Å². The van der Waals surface area contributed by atoms with Gasteiger partial charge in [-0.2, -0.15) is 10.5 Å². The van der Waals surface area contributed by atoms with E-state index >= 15 is 0 Å². The Balaban J connectivity index is 2.91. The highest BCUT2D eigenvalue weighted by atomic mass is 16.4. The highest BCUT2D eigenvalue weighted by Gasteiger charge is 2.07. The van der Waals surface area contributed by atoms with E-state index in [1.165, 1.54) is 12.1 Å². The van der Waals surface area contributed by atoms with Gasteiger partial charge in [-0.15, -0.1) is 0 Å². The summed E-state index contributed by atoms with van der Waals surface area (Å²) in [6.07, 6.45) is 0. The fraction of sp³-hybridized carbons (Fsp3) is 0.182. The first-order valence-electron chi connectivity index (χ1n) is 4.51. The average molecular weight is 215 g/mol. The normalized spacial score (nSPS) is 8.88. The third-order valence-corrected chi connectivity index (χ3v) is 2.00. The maximum absolute atomic E-state index is 10.6. The van der Waals surface area contributed by atoms with Crippen LogP contribution in [0.25, 0.3) is 0 Å². The van der Waals surface area contributed by atoms with E-state index in [0.29, 0.717) is 5.69 Å². The minimum absolute atomic E-state index is 0.0972. The molecule has 1 rings (SSSR count). The van der Waals surface area contributed by atoms with E-state index in [2.05, 4.69) is 0 Å². The second-order valence-electron chi connectivity index (χ2n) is 3.02. The van der Waals surface area contributed by atoms with Crippen LogP contribution in [0.15, 0.2) is 24.3 Å². The van der Waals surface area contributed by atoms with Gasteiger partial charge in [-0.3, -0.25) is 0 Å². The van der Waals surface area contributed by atoms with Crippen molar-refractivity contribution in [2.24, 2.45) is 0 Å². The molecule has 0 atom stereocenters. The minimum Gasteiger partial charge on any atom is -0.478 e. The summed E-state index contributed by atoms with van der Waals surface area (Å²) in [5, 5.41) is 25.8. The number of hydrogen-bond donors (Lipinski definition) is 1. The largest absolute Gasteiger partial charge is 0.478 e. The van der Waals surface area contributed by atoms with Crippen molar-refractivity contribution in [3.05, 3.63) is 29.8 Å². The Hall–Kier alpha value is -2.53. The minimum atomic E-state index is -1.00. The van der Waals surface area contributed by atoms with E-state index < -0.39 is 5.97 Å². The van der Waals surface area contributed by atoms with Crippen molar-refractivity contribution in [3.63, 3.8) is 0 Å². The summed E-state index contributed by atoms with van der Waals surface area (Å²) in [6.45, 7) is 0.194. The zero-order valence-electron chi connectivity index (χ0n) is 8.42. The van der Waals surface area contributed by atoms with E-state index in [9.17, 15) is 4.79 Å². The summed E-state index contributed by atoms with van der Waals surface area (Å²) in [7, 11) is 0. The molecule has 0 fully saturated rings. The molecular formula is C11H9N3O2. The van der Waals surface area contributed by atoms with E-state index in [4.69, 9.17) is 15.6 Å². The summed E-state index contributed by atoms with van der Waals surface area (Å²) < 4.78 is 0. The molecule has 0 radical (unpaired) electrons. The number of nitrogens with zero attached hydrogens (tertiary/aromatic N) is 3. The van der Waals surface area contributed by atoms with Gasteiger partial charge in [0.25, 0.3) is 0 Å². The molecule has 5 heteroatoms. The monoisotopic (exact) mass is 215 g/mol. The molecule has 0 heterocycles. The Kier molecular flexibility index (Phi) is 3.88. The molecule has 16 heavy (non-hydrogen) atoms. The molecule has 5 nitrogen and oxygen atoms in total. The van der Waals surface area contributed by atoms with Gasteiger partial charge in [-0.1, -0.05) is 0 Å². The molecule has 0 bridgehead atoms. The van der Waals surface area contributed by atoms with Crippen LogP contribution < -0.4 is 4.90 Å². The molecule has 0 aliphatic rings. The van der Waals surface area contributed by atoms with Crippen molar-refractivity contribution in [3.8, 4) is 12.1 Å². The number of carbonyl (C=O) groups is 1. The van der Waals surface area contributed by atoms with Crippen LogP contribution in [0, 0.1) is 22.7 Å². The maximum atomic E-state index is 10.6. The summed E-state index contributed by atoms with van der Waals surface area (Å²) in [4.78, 5) is 12.2. The number of carboxylic acid groups (broad SMARTS) is 1. The summed E-state index contributed by atoms with van der Waals surface area (Å²) >= 11 is 0. The third-order valence-electron chi connectivity index (χ3n) is 2.00. The molecule has 0 aromatic heterocycles. The lowest BCUT2D eigenvalue weighted by Gasteiger charge is -2.17. The van der Waals surface area contributed by atoms with Gasteiger partial charge in [0.15, 0.2) is 0 Å². The second-order valence-corrected chi connectivity index (χ2v) is 3.02. The fourth-order valence-electron chi connectivity index (χ4n) is 1.22. The lowest BCUT2D eigenvalue weighted by Crippen LogP contribution is -2.23. The van der Waals surface area contributed by atoms with Gasteiger partial charge in [-0.05, 0) is 24.3 Å². The number of rotatable bonds is 4. The van der Waals surface area contributed by atoms with Gasteiger partial charge in [0.05, 0.1) is 17.7 Å². The lowest BCUT2D eigenvalue weighted by atomic mass is 10.2. The van der Waals surface area contributed by atoms with Crippen LogP contribution in [0.4, 0.5) is 5.69 Å². The highest BCUT2D eigenvalue weighted by Crippen LogP contribution is 2.14. The third kappa shape index (κ3) is 2.73. The fourth-order valence-corrected chi connectivity index (χ4v) is 1.22. The van der Waals surface area contributed by atoms with Gasteiger partial charge in [0.2, 0.25) is 0 Å². The highest BCUT2D eigenvalue weighted by molar-refractivity contribution is 5.88. The van der Waals surface area contributed by atoms with Crippen LogP contribution in [0.1, 0.15) is 10.4 Å². The molecule has 1 aromatic rings. The molecule has 0 saturated heterocycles. The standard InChI is InChI=1S/C11H9N3O2/c12-5-7-14(8-6-13)10-3-1-9(2-4-10)11(15)16/h1-4H,7-8H2,(H,15,16). The SMILES string of the molecule is N#CCN(CC#N)c1ccc(C(=O)O)cc1. The molecule has 0 spiro atoms.